The summed E-state index contributed by atoms with van der Waals surface area (Å²) >= 11 is 1.49. The number of piperidine rings is 1. The topological polar surface area (TPSA) is 67.8 Å². The third-order valence-corrected chi connectivity index (χ3v) is 8.11. The van der Waals surface area contributed by atoms with Gasteiger partial charge in [0.05, 0.1) is 38.8 Å². The molecule has 2 aromatic heterocycles. The van der Waals surface area contributed by atoms with Gasteiger partial charge in [-0.1, -0.05) is 19.1 Å². The number of aromatic hydroxyl groups is 1. The molecule has 1 saturated heterocycles. The largest absolute Gasteiger partial charge is 0.507 e. The quantitative estimate of drug-likeness (QED) is 0.475. The van der Waals surface area contributed by atoms with E-state index in [0.717, 1.165) is 21.3 Å². The van der Waals surface area contributed by atoms with E-state index >= 15 is 0 Å². The first-order valence-electron chi connectivity index (χ1n) is 11.5. The van der Waals surface area contributed by atoms with Gasteiger partial charge in [-0.25, -0.2) is 4.98 Å². The minimum atomic E-state index is -0.0870. The smallest absolute Gasteiger partial charge is 0.202 e. The fraction of sp³-hybridized carbons (Fsp3) is 0.385. The molecule has 0 amide bonds. The standard InChI is InChI=1S/C26H28N2O3S/c1-4-17-12-18-24(30)20(26-27-21-10-5-6-11-22(21)32-26)14-31-25(18)19(23(17)29)13-28-15(2)8-7-9-16(28)3/h5-6,10-12,14-16,29H,4,7-9,13H2,1-3H3/p+1/t15-,16+. The van der Waals surface area contributed by atoms with Gasteiger partial charge in [0, 0.05) is 0 Å². The normalized spacial score (nSPS) is 21.4. The van der Waals surface area contributed by atoms with Gasteiger partial charge in [0.2, 0.25) is 5.43 Å². The number of nitrogens with one attached hydrogen (secondary N) is 1. The lowest BCUT2D eigenvalue weighted by Crippen LogP contribution is -3.18. The predicted molar refractivity (Wildman–Crippen MR) is 130 cm³/mol. The van der Waals surface area contributed by atoms with E-state index in [-0.39, 0.29) is 11.2 Å². The van der Waals surface area contributed by atoms with Gasteiger partial charge in [0.1, 0.15) is 29.1 Å². The lowest BCUT2D eigenvalue weighted by Gasteiger charge is -2.36. The molecule has 1 aliphatic rings. The van der Waals surface area contributed by atoms with Crippen LogP contribution in [0.4, 0.5) is 0 Å². The van der Waals surface area contributed by atoms with Crippen molar-refractivity contribution >= 4 is 32.5 Å². The van der Waals surface area contributed by atoms with Crippen LogP contribution in [0.1, 0.15) is 51.2 Å². The molecule has 3 heterocycles. The van der Waals surface area contributed by atoms with Crippen LogP contribution in [0, 0.1) is 0 Å². The maximum absolute atomic E-state index is 13.6. The first kappa shape index (κ1) is 21.2. The Labute approximate surface area is 191 Å². The Morgan fingerprint density at radius 2 is 1.97 bits per heavy atom. The lowest BCUT2D eigenvalue weighted by atomic mass is 9.95. The molecule has 0 spiro atoms. The SMILES string of the molecule is CCc1cc2c(=O)c(-c3nc4ccccc4s3)coc2c(C[NH+]2[C@H](C)CCC[C@@H]2C)c1O. The number of benzene rings is 2. The summed E-state index contributed by atoms with van der Waals surface area (Å²) in [4.78, 5) is 19.7. The van der Waals surface area contributed by atoms with Crippen LogP contribution >= 0.6 is 11.3 Å². The molecule has 0 aliphatic carbocycles. The third kappa shape index (κ3) is 3.51. The molecule has 3 atom stereocenters. The number of hydrogen-bond acceptors (Lipinski definition) is 5. The van der Waals surface area contributed by atoms with Crippen LogP contribution < -0.4 is 10.3 Å². The van der Waals surface area contributed by atoms with Crippen molar-refractivity contribution in [2.45, 2.75) is 65.1 Å². The van der Waals surface area contributed by atoms with E-state index in [4.69, 9.17) is 4.42 Å². The number of likely N-dealkylation sites (tertiary alicyclic amines) is 1. The maximum Gasteiger partial charge on any atom is 0.202 e. The molecule has 1 unspecified atom stereocenters. The maximum atomic E-state index is 13.6. The number of phenolic OH excluding ortho intramolecular Hbond substituents is 1. The van der Waals surface area contributed by atoms with Crippen molar-refractivity contribution < 1.29 is 14.4 Å². The minimum absolute atomic E-state index is 0.0870. The van der Waals surface area contributed by atoms with E-state index in [1.807, 2.05) is 31.2 Å². The average molecular weight is 450 g/mol. The summed E-state index contributed by atoms with van der Waals surface area (Å²) < 4.78 is 7.13. The summed E-state index contributed by atoms with van der Waals surface area (Å²) in [6.07, 6.45) is 5.78. The van der Waals surface area contributed by atoms with Crippen LogP contribution in [0.15, 0.2) is 45.8 Å². The monoisotopic (exact) mass is 449 g/mol. The highest BCUT2D eigenvalue weighted by Crippen LogP contribution is 2.34. The first-order valence-corrected chi connectivity index (χ1v) is 12.3. The number of thiazole rings is 1. The first-order chi connectivity index (χ1) is 15.5. The van der Waals surface area contributed by atoms with Crippen molar-refractivity contribution in [3.8, 4) is 16.3 Å². The molecule has 32 heavy (non-hydrogen) atoms. The highest BCUT2D eigenvalue weighted by Gasteiger charge is 2.31. The summed E-state index contributed by atoms with van der Waals surface area (Å²) in [5.41, 5.74) is 3.32. The minimum Gasteiger partial charge on any atom is -0.507 e. The van der Waals surface area contributed by atoms with E-state index in [1.165, 1.54) is 41.8 Å². The number of aryl methyl sites for hydroxylation is 1. The summed E-state index contributed by atoms with van der Waals surface area (Å²) in [6.45, 7) is 7.20. The number of rotatable bonds is 4. The summed E-state index contributed by atoms with van der Waals surface area (Å²) in [5, 5.41) is 12.3. The Morgan fingerprint density at radius 3 is 2.69 bits per heavy atom. The van der Waals surface area contributed by atoms with Crippen molar-refractivity contribution in [1.82, 2.24) is 4.98 Å². The average Bonchev–Trinajstić information content (AvgIpc) is 3.21. The van der Waals surface area contributed by atoms with E-state index in [9.17, 15) is 9.90 Å². The Kier molecular flexibility index (Phi) is 5.51. The second kappa shape index (κ2) is 8.34. The van der Waals surface area contributed by atoms with Gasteiger partial charge in [-0.15, -0.1) is 11.3 Å². The number of nitrogens with zero attached hydrogens (tertiary/aromatic N) is 1. The fourth-order valence-electron chi connectivity index (χ4n) is 5.10. The molecule has 5 rings (SSSR count). The highest BCUT2D eigenvalue weighted by molar-refractivity contribution is 7.21. The van der Waals surface area contributed by atoms with Gasteiger partial charge in [-0.05, 0) is 63.3 Å². The molecule has 0 bridgehead atoms. The van der Waals surface area contributed by atoms with Crippen molar-refractivity contribution in [3.05, 3.63) is 57.9 Å². The van der Waals surface area contributed by atoms with Gasteiger partial charge in [-0.2, -0.15) is 0 Å². The molecule has 0 radical (unpaired) electrons. The molecule has 2 N–H and O–H groups in total. The predicted octanol–water partition coefficient (Wildman–Crippen LogP) is 4.68. The Morgan fingerprint density at radius 1 is 1.22 bits per heavy atom. The van der Waals surface area contributed by atoms with Crippen LogP contribution in [0.2, 0.25) is 0 Å². The Balaban J connectivity index is 1.67. The summed E-state index contributed by atoms with van der Waals surface area (Å²) in [5.74, 6) is 0.272. The van der Waals surface area contributed by atoms with Crippen LogP contribution in [-0.4, -0.2) is 22.2 Å². The zero-order valence-electron chi connectivity index (χ0n) is 18.8. The van der Waals surface area contributed by atoms with Crippen molar-refractivity contribution in [3.63, 3.8) is 0 Å². The number of fused-ring (bicyclic) bond motifs is 2. The zero-order valence-corrected chi connectivity index (χ0v) is 19.6. The van der Waals surface area contributed by atoms with E-state index in [1.54, 1.807) is 6.07 Å². The summed E-state index contributed by atoms with van der Waals surface area (Å²) in [7, 11) is 0. The number of quaternary nitrogens is 1. The van der Waals surface area contributed by atoms with Crippen LogP contribution in [0.25, 0.3) is 31.8 Å². The molecular formula is C26H29N2O3S+. The van der Waals surface area contributed by atoms with Crippen LogP contribution in [0.3, 0.4) is 0 Å². The van der Waals surface area contributed by atoms with Gasteiger partial charge >= 0.3 is 0 Å². The third-order valence-electron chi connectivity index (χ3n) is 7.04. The second-order valence-corrected chi connectivity index (χ2v) is 10.1. The number of aromatic nitrogens is 1. The molecule has 6 heteroatoms. The Hall–Kier alpha value is -2.70. The molecule has 4 aromatic rings. The van der Waals surface area contributed by atoms with E-state index < -0.39 is 0 Å². The summed E-state index contributed by atoms with van der Waals surface area (Å²) in [6, 6.07) is 10.7. The molecule has 2 aromatic carbocycles. The van der Waals surface area contributed by atoms with E-state index in [0.29, 0.717) is 46.6 Å². The molecule has 166 valence electrons. The lowest BCUT2D eigenvalue weighted by molar-refractivity contribution is -0.964. The molecule has 1 fully saturated rings. The zero-order chi connectivity index (χ0) is 22.4. The van der Waals surface area contributed by atoms with Crippen LogP contribution in [0.5, 0.6) is 5.75 Å². The van der Waals surface area contributed by atoms with Gasteiger partial charge in [0.25, 0.3) is 0 Å². The molecular weight excluding hydrogens is 420 g/mol. The number of para-hydroxylation sites is 1. The van der Waals surface area contributed by atoms with Gasteiger partial charge < -0.3 is 14.4 Å². The van der Waals surface area contributed by atoms with Gasteiger partial charge in [-0.3, -0.25) is 4.79 Å². The number of hydrogen-bond donors (Lipinski definition) is 2. The van der Waals surface area contributed by atoms with Crippen molar-refractivity contribution in [2.24, 2.45) is 0 Å². The molecule has 5 nitrogen and oxygen atoms in total. The van der Waals surface area contributed by atoms with Gasteiger partial charge in [0.15, 0.2) is 0 Å². The highest BCUT2D eigenvalue weighted by atomic mass is 32.1. The van der Waals surface area contributed by atoms with Crippen LogP contribution in [-0.2, 0) is 13.0 Å². The fourth-order valence-corrected chi connectivity index (χ4v) is 6.07. The van der Waals surface area contributed by atoms with E-state index in [2.05, 4.69) is 18.8 Å². The molecule has 1 aliphatic heterocycles. The van der Waals surface area contributed by atoms with Crippen molar-refractivity contribution in [1.29, 1.82) is 0 Å². The second-order valence-electron chi connectivity index (χ2n) is 9.04. The number of phenols is 1. The Bertz CT molecular complexity index is 1310. The van der Waals surface area contributed by atoms with Crippen molar-refractivity contribution in [2.75, 3.05) is 0 Å². The molecule has 0 saturated carbocycles.